The van der Waals surface area contributed by atoms with Crippen LogP contribution in [0.3, 0.4) is 0 Å². The zero-order valence-corrected chi connectivity index (χ0v) is 14.9. The standard InChI is InChI=1S/C22H19N3O2/c1-27-14-15-6-4-8-17(12-15)22(26)23-18-9-5-7-16(13-18)21-24-19-10-2-3-11-20(19)25-21/h2-13H,14H2,1H3,(H,23,26)(H,24,25). The number of ether oxygens (including phenoxy) is 1. The molecule has 4 rings (SSSR count). The lowest BCUT2D eigenvalue weighted by Crippen LogP contribution is -2.12. The molecule has 0 spiro atoms. The van der Waals surface area contributed by atoms with Crippen molar-refractivity contribution in [1.29, 1.82) is 0 Å². The molecule has 1 amide bonds. The van der Waals surface area contributed by atoms with E-state index in [4.69, 9.17) is 4.74 Å². The van der Waals surface area contributed by atoms with Gasteiger partial charge in [-0.3, -0.25) is 4.79 Å². The highest BCUT2D eigenvalue weighted by Crippen LogP contribution is 2.23. The molecule has 0 bridgehead atoms. The molecule has 0 radical (unpaired) electrons. The van der Waals surface area contributed by atoms with Gasteiger partial charge in [-0.15, -0.1) is 0 Å². The van der Waals surface area contributed by atoms with Crippen LogP contribution in [0.4, 0.5) is 5.69 Å². The van der Waals surface area contributed by atoms with Crippen molar-refractivity contribution in [3.63, 3.8) is 0 Å². The Bertz CT molecular complexity index is 1070. The number of H-pyrrole nitrogens is 1. The highest BCUT2D eigenvalue weighted by Gasteiger charge is 2.09. The minimum atomic E-state index is -0.158. The largest absolute Gasteiger partial charge is 0.380 e. The van der Waals surface area contributed by atoms with Gasteiger partial charge in [-0.2, -0.15) is 0 Å². The Morgan fingerprint density at radius 3 is 2.74 bits per heavy atom. The summed E-state index contributed by atoms with van der Waals surface area (Å²) in [6.07, 6.45) is 0. The van der Waals surface area contributed by atoms with E-state index < -0.39 is 0 Å². The van der Waals surface area contributed by atoms with Crippen molar-refractivity contribution in [1.82, 2.24) is 9.97 Å². The molecule has 0 saturated heterocycles. The quantitative estimate of drug-likeness (QED) is 0.547. The number of nitrogens with zero attached hydrogens (tertiary/aromatic N) is 1. The van der Waals surface area contributed by atoms with Crippen molar-refractivity contribution in [2.24, 2.45) is 0 Å². The fourth-order valence-corrected chi connectivity index (χ4v) is 3.01. The number of rotatable bonds is 5. The monoisotopic (exact) mass is 357 g/mol. The molecule has 0 atom stereocenters. The van der Waals surface area contributed by atoms with E-state index in [1.54, 1.807) is 13.2 Å². The molecule has 0 fully saturated rings. The fraction of sp³-hybridized carbons (Fsp3) is 0.0909. The van der Waals surface area contributed by atoms with Gasteiger partial charge in [0.1, 0.15) is 5.82 Å². The number of carbonyl (C=O) groups excluding carboxylic acids is 1. The second-order valence-electron chi connectivity index (χ2n) is 6.27. The van der Waals surface area contributed by atoms with Crippen LogP contribution >= 0.6 is 0 Å². The van der Waals surface area contributed by atoms with E-state index >= 15 is 0 Å². The van der Waals surface area contributed by atoms with Gasteiger partial charge < -0.3 is 15.0 Å². The molecular formula is C22H19N3O2. The molecular weight excluding hydrogens is 338 g/mol. The summed E-state index contributed by atoms with van der Waals surface area (Å²) in [6, 6.07) is 22.9. The normalized spacial score (nSPS) is 10.9. The summed E-state index contributed by atoms with van der Waals surface area (Å²) in [6.45, 7) is 0.475. The molecule has 0 unspecified atom stereocenters. The second-order valence-corrected chi connectivity index (χ2v) is 6.27. The van der Waals surface area contributed by atoms with Crippen molar-refractivity contribution in [2.75, 3.05) is 12.4 Å². The van der Waals surface area contributed by atoms with Crippen LogP contribution in [-0.2, 0) is 11.3 Å². The summed E-state index contributed by atoms with van der Waals surface area (Å²) in [5.74, 6) is 0.615. The van der Waals surface area contributed by atoms with Gasteiger partial charge in [0.05, 0.1) is 17.6 Å². The lowest BCUT2D eigenvalue weighted by molar-refractivity contribution is 0.102. The summed E-state index contributed by atoms with van der Waals surface area (Å²) >= 11 is 0. The zero-order valence-electron chi connectivity index (χ0n) is 14.9. The number of aromatic nitrogens is 2. The molecule has 5 heteroatoms. The number of para-hydroxylation sites is 2. The average molecular weight is 357 g/mol. The van der Waals surface area contributed by atoms with E-state index in [0.717, 1.165) is 33.7 Å². The number of anilines is 1. The van der Waals surface area contributed by atoms with Crippen LogP contribution in [0.25, 0.3) is 22.4 Å². The smallest absolute Gasteiger partial charge is 0.255 e. The maximum absolute atomic E-state index is 12.6. The first kappa shape index (κ1) is 17.0. The number of carbonyl (C=O) groups is 1. The first-order valence-corrected chi connectivity index (χ1v) is 8.67. The van der Waals surface area contributed by atoms with Gasteiger partial charge in [-0.25, -0.2) is 4.98 Å². The van der Waals surface area contributed by atoms with Gasteiger partial charge in [0, 0.05) is 23.9 Å². The summed E-state index contributed by atoms with van der Waals surface area (Å²) in [4.78, 5) is 20.5. The van der Waals surface area contributed by atoms with Gasteiger partial charge in [0.2, 0.25) is 0 Å². The van der Waals surface area contributed by atoms with E-state index in [9.17, 15) is 4.79 Å². The Labute approximate surface area is 157 Å². The summed E-state index contributed by atoms with van der Waals surface area (Å²) in [5, 5.41) is 2.95. The molecule has 27 heavy (non-hydrogen) atoms. The maximum atomic E-state index is 12.6. The van der Waals surface area contributed by atoms with Crippen LogP contribution < -0.4 is 5.32 Å². The van der Waals surface area contributed by atoms with E-state index in [-0.39, 0.29) is 5.91 Å². The van der Waals surface area contributed by atoms with Crippen LogP contribution in [0.1, 0.15) is 15.9 Å². The molecule has 0 aliphatic heterocycles. The number of methoxy groups -OCH3 is 1. The number of amides is 1. The van der Waals surface area contributed by atoms with Gasteiger partial charge in [-0.05, 0) is 42.0 Å². The average Bonchev–Trinajstić information content (AvgIpc) is 3.13. The number of nitrogens with one attached hydrogen (secondary N) is 2. The number of benzene rings is 3. The van der Waals surface area contributed by atoms with Crippen molar-refractivity contribution in [2.45, 2.75) is 6.61 Å². The Morgan fingerprint density at radius 2 is 1.89 bits per heavy atom. The minimum absolute atomic E-state index is 0.158. The summed E-state index contributed by atoms with van der Waals surface area (Å²) < 4.78 is 5.13. The molecule has 1 aromatic heterocycles. The fourth-order valence-electron chi connectivity index (χ4n) is 3.01. The molecule has 134 valence electrons. The Kier molecular flexibility index (Phi) is 4.68. The second kappa shape index (κ2) is 7.43. The van der Waals surface area contributed by atoms with E-state index in [2.05, 4.69) is 15.3 Å². The van der Waals surface area contributed by atoms with E-state index in [1.165, 1.54) is 0 Å². The lowest BCUT2D eigenvalue weighted by Gasteiger charge is -2.08. The predicted molar refractivity (Wildman–Crippen MR) is 107 cm³/mol. The summed E-state index contributed by atoms with van der Waals surface area (Å²) in [5.41, 5.74) is 5.08. The third-order valence-electron chi connectivity index (χ3n) is 4.28. The van der Waals surface area contributed by atoms with Crippen LogP contribution in [0, 0.1) is 0 Å². The number of fused-ring (bicyclic) bond motifs is 1. The van der Waals surface area contributed by atoms with E-state index in [0.29, 0.717) is 12.2 Å². The molecule has 5 nitrogen and oxygen atoms in total. The van der Waals surface area contributed by atoms with Crippen LogP contribution in [0.2, 0.25) is 0 Å². The highest BCUT2D eigenvalue weighted by atomic mass is 16.5. The molecule has 1 heterocycles. The van der Waals surface area contributed by atoms with Crippen LogP contribution in [-0.4, -0.2) is 23.0 Å². The Balaban J connectivity index is 1.57. The lowest BCUT2D eigenvalue weighted by atomic mass is 10.1. The highest BCUT2D eigenvalue weighted by molar-refractivity contribution is 6.04. The van der Waals surface area contributed by atoms with Gasteiger partial charge in [0.25, 0.3) is 5.91 Å². The van der Waals surface area contributed by atoms with Gasteiger partial charge in [-0.1, -0.05) is 36.4 Å². The topological polar surface area (TPSA) is 67.0 Å². The van der Waals surface area contributed by atoms with Crippen molar-refractivity contribution in [3.8, 4) is 11.4 Å². The molecule has 0 saturated carbocycles. The molecule has 0 aliphatic carbocycles. The number of hydrogen-bond donors (Lipinski definition) is 2. The van der Waals surface area contributed by atoms with Crippen molar-refractivity contribution in [3.05, 3.63) is 83.9 Å². The third-order valence-corrected chi connectivity index (χ3v) is 4.28. The minimum Gasteiger partial charge on any atom is -0.380 e. The van der Waals surface area contributed by atoms with Crippen molar-refractivity contribution >= 4 is 22.6 Å². The number of aromatic amines is 1. The molecule has 2 N–H and O–H groups in total. The van der Waals surface area contributed by atoms with E-state index in [1.807, 2.05) is 66.7 Å². The summed E-state index contributed by atoms with van der Waals surface area (Å²) in [7, 11) is 1.64. The molecule has 0 aliphatic rings. The SMILES string of the molecule is COCc1cccc(C(=O)Nc2cccc(-c3nc4ccccc4[nH]3)c2)c1. The first-order chi connectivity index (χ1) is 13.2. The number of hydrogen-bond acceptors (Lipinski definition) is 3. The van der Waals surface area contributed by atoms with Crippen LogP contribution in [0.15, 0.2) is 72.8 Å². The molecule has 3 aromatic carbocycles. The maximum Gasteiger partial charge on any atom is 0.255 e. The first-order valence-electron chi connectivity index (χ1n) is 8.67. The Morgan fingerprint density at radius 1 is 1.04 bits per heavy atom. The Hall–Kier alpha value is -3.44. The van der Waals surface area contributed by atoms with Gasteiger partial charge in [0.15, 0.2) is 0 Å². The molecule has 4 aromatic rings. The predicted octanol–water partition coefficient (Wildman–Crippen LogP) is 4.63. The zero-order chi connectivity index (χ0) is 18.6. The van der Waals surface area contributed by atoms with Crippen molar-refractivity contribution < 1.29 is 9.53 Å². The van der Waals surface area contributed by atoms with Gasteiger partial charge >= 0.3 is 0 Å². The third kappa shape index (κ3) is 3.73. The number of imidazole rings is 1. The van der Waals surface area contributed by atoms with Crippen LogP contribution in [0.5, 0.6) is 0 Å².